The van der Waals surface area contributed by atoms with Gasteiger partial charge in [-0.05, 0) is 30.4 Å². The second kappa shape index (κ2) is 9.09. The van der Waals surface area contributed by atoms with Gasteiger partial charge in [-0.2, -0.15) is 4.98 Å². The van der Waals surface area contributed by atoms with Crippen LogP contribution in [0.3, 0.4) is 0 Å². The number of benzene rings is 1. The van der Waals surface area contributed by atoms with Crippen molar-refractivity contribution in [3.63, 3.8) is 0 Å². The summed E-state index contributed by atoms with van der Waals surface area (Å²) in [7, 11) is 1.66. The summed E-state index contributed by atoms with van der Waals surface area (Å²) < 4.78 is 16.9. The molecule has 0 N–H and O–H groups in total. The van der Waals surface area contributed by atoms with Crippen LogP contribution in [0.4, 0.5) is 5.82 Å². The maximum atomic E-state index is 5.93. The van der Waals surface area contributed by atoms with E-state index < -0.39 is 0 Å². The molecule has 26 heavy (non-hydrogen) atoms. The first kappa shape index (κ1) is 18.8. The first-order valence-electron chi connectivity index (χ1n) is 8.77. The van der Waals surface area contributed by atoms with Crippen molar-refractivity contribution in [1.82, 2.24) is 9.97 Å². The molecule has 1 atom stereocenters. The number of ether oxygens (including phenoxy) is 3. The maximum absolute atomic E-state index is 5.93. The molecule has 0 spiro atoms. The highest BCUT2D eigenvalue weighted by molar-refractivity contribution is 7.98. The van der Waals surface area contributed by atoms with Gasteiger partial charge in [0, 0.05) is 19.2 Å². The molecule has 2 aromatic rings. The molecule has 0 radical (unpaired) electrons. The van der Waals surface area contributed by atoms with Crippen molar-refractivity contribution in [1.29, 1.82) is 0 Å². The van der Waals surface area contributed by atoms with Crippen molar-refractivity contribution < 1.29 is 14.2 Å². The summed E-state index contributed by atoms with van der Waals surface area (Å²) in [6, 6.07) is 9.75. The maximum Gasteiger partial charge on any atom is 0.219 e. The lowest BCUT2D eigenvalue weighted by molar-refractivity contribution is 0.0381. The Balaban J connectivity index is 1.72. The highest BCUT2D eigenvalue weighted by Crippen LogP contribution is 2.24. The van der Waals surface area contributed by atoms with Crippen LogP contribution in [0.5, 0.6) is 11.6 Å². The van der Waals surface area contributed by atoms with Crippen LogP contribution in [0.2, 0.25) is 0 Å². The first-order valence-corrected chi connectivity index (χ1v) is 9.99. The van der Waals surface area contributed by atoms with Gasteiger partial charge in [0.2, 0.25) is 5.88 Å². The minimum atomic E-state index is 0.250. The van der Waals surface area contributed by atoms with E-state index in [0.29, 0.717) is 17.6 Å². The van der Waals surface area contributed by atoms with E-state index >= 15 is 0 Å². The highest BCUT2D eigenvalue weighted by Gasteiger charge is 2.21. The van der Waals surface area contributed by atoms with Crippen molar-refractivity contribution in [2.24, 2.45) is 0 Å². The largest absolute Gasteiger partial charge is 0.497 e. The topological polar surface area (TPSA) is 56.7 Å². The lowest BCUT2D eigenvalue weighted by Crippen LogP contribution is -2.42. The van der Waals surface area contributed by atoms with Crippen LogP contribution in [0.25, 0.3) is 0 Å². The molecular weight excluding hydrogens is 350 g/mol. The Labute approximate surface area is 158 Å². The molecule has 2 heterocycles. The molecular formula is C19H25N3O3S. The van der Waals surface area contributed by atoms with Crippen molar-refractivity contribution in [2.45, 2.75) is 31.2 Å². The number of hydrogen-bond acceptors (Lipinski definition) is 7. The van der Waals surface area contributed by atoms with Gasteiger partial charge in [-0.3, -0.25) is 0 Å². The van der Waals surface area contributed by atoms with Gasteiger partial charge < -0.3 is 19.1 Å². The van der Waals surface area contributed by atoms with Crippen LogP contribution < -0.4 is 14.4 Å². The molecule has 1 unspecified atom stereocenters. The standard InChI is InChI=1S/C19H25N3O3S/c1-4-15-12-22(9-10-24-15)17-11-18(21-19(20-17)26-3)25-13-14-5-7-16(23-2)8-6-14/h5-8,11,15H,4,9-10,12-13H2,1-3H3. The zero-order valence-electron chi connectivity index (χ0n) is 15.5. The summed E-state index contributed by atoms with van der Waals surface area (Å²) in [5, 5.41) is 0.715. The van der Waals surface area contributed by atoms with Crippen molar-refractivity contribution in [3.05, 3.63) is 35.9 Å². The van der Waals surface area contributed by atoms with E-state index in [9.17, 15) is 0 Å². The molecule has 0 aliphatic carbocycles. The van der Waals surface area contributed by atoms with Gasteiger partial charge >= 0.3 is 0 Å². The predicted octanol–water partition coefficient (Wildman–Crippen LogP) is 3.40. The van der Waals surface area contributed by atoms with Crippen LogP contribution in [-0.4, -0.2) is 49.1 Å². The summed E-state index contributed by atoms with van der Waals surface area (Å²) in [6.07, 6.45) is 3.22. The lowest BCUT2D eigenvalue weighted by atomic mass is 10.2. The number of morpholine rings is 1. The van der Waals surface area contributed by atoms with Crippen LogP contribution in [0, 0.1) is 0 Å². The minimum Gasteiger partial charge on any atom is -0.497 e. The second-order valence-electron chi connectivity index (χ2n) is 6.03. The summed E-state index contributed by atoms with van der Waals surface area (Å²) in [5.41, 5.74) is 1.06. The molecule has 140 valence electrons. The number of thioether (sulfide) groups is 1. The Morgan fingerprint density at radius 2 is 2.08 bits per heavy atom. The third-order valence-electron chi connectivity index (χ3n) is 4.32. The normalized spacial score (nSPS) is 17.2. The van der Waals surface area contributed by atoms with E-state index in [0.717, 1.165) is 43.2 Å². The first-order chi connectivity index (χ1) is 12.7. The number of hydrogen-bond donors (Lipinski definition) is 0. The summed E-state index contributed by atoms with van der Waals surface area (Å²) >= 11 is 1.52. The Bertz CT molecular complexity index is 712. The average molecular weight is 375 g/mol. The number of methoxy groups -OCH3 is 1. The molecule has 0 bridgehead atoms. The SMILES string of the molecule is CCC1CN(c2cc(OCc3ccc(OC)cc3)nc(SC)n2)CCO1. The fourth-order valence-electron chi connectivity index (χ4n) is 2.77. The number of anilines is 1. The van der Waals surface area contributed by atoms with Crippen LogP contribution in [0.15, 0.2) is 35.5 Å². The lowest BCUT2D eigenvalue weighted by Gasteiger charge is -2.33. The van der Waals surface area contributed by atoms with Crippen molar-refractivity contribution in [2.75, 3.05) is 38.0 Å². The van der Waals surface area contributed by atoms with Gasteiger partial charge in [0.05, 0.1) is 19.8 Å². The second-order valence-corrected chi connectivity index (χ2v) is 6.81. The number of nitrogens with zero attached hydrogens (tertiary/aromatic N) is 3. The smallest absolute Gasteiger partial charge is 0.219 e. The van der Waals surface area contributed by atoms with Crippen LogP contribution in [0.1, 0.15) is 18.9 Å². The van der Waals surface area contributed by atoms with Gasteiger partial charge in [0.1, 0.15) is 18.2 Å². The Morgan fingerprint density at radius 1 is 1.27 bits per heavy atom. The van der Waals surface area contributed by atoms with E-state index in [1.807, 2.05) is 36.6 Å². The van der Waals surface area contributed by atoms with E-state index in [-0.39, 0.29) is 6.10 Å². The van der Waals surface area contributed by atoms with E-state index in [2.05, 4.69) is 21.8 Å². The summed E-state index contributed by atoms with van der Waals surface area (Å²) in [6.45, 7) is 5.00. The molecule has 1 aromatic carbocycles. The van der Waals surface area contributed by atoms with Gasteiger partial charge in [0.15, 0.2) is 5.16 Å². The number of aromatic nitrogens is 2. The van der Waals surface area contributed by atoms with E-state index in [1.54, 1.807) is 7.11 Å². The Kier molecular flexibility index (Phi) is 6.57. The minimum absolute atomic E-state index is 0.250. The molecule has 1 aliphatic rings. The predicted molar refractivity (Wildman–Crippen MR) is 103 cm³/mol. The summed E-state index contributed by atoms with van der Waals surface area (Å²) in [5.74, 6) is 2.33. The quantitative estimate of drug-likeness (QED) is 0.543. The third-order valence-corrected chi connectivity index (χ3v) is 4.86. The molecule has 3 rings (SSSR count). The fraction of sp³-hybridized carbons (Fsp3) is 0.474. The Morgan fingerprint density at radius 3 is 2.77 bits per heavy atom. The van der Waals surface area contributed by atoms with Crippen LogP contribution in [-0.2, 0) is 11.3 Å². The molecule has 0 saturated carbocycles. The third kappa shape index (κ3) is 4.80. The van der Waals surface area contributed by atoms with Crippen molar-refractivity contribution >= 4 is 17.6 Å². The Hall–Kier alpha value is -1.99. The van der Waals surface area contributed by atoms with Crippen LogP contribution >= 0.6 is 11.8 Å². The molecule has 1 saturated heterocycles. The zero-order chi connectivity index (χ0) is 18.4. The average Bonchev–Trinajstić information content (AvgIpc) is 2.72. The van der Waals surface area contributed by atoms with E-state index in [1.165, 1.54) is 11.8 Å². The zero-order valence-corrected chi connectivity index (χ0v) is 16.3. The molecule has 0 amide bonds. The van der Waals surface area contributed by atoms with Gasteiger partial charge in [0.25, 0.3) is 0 Å². The van der Waals surface area contributed by atoms with Gasteiger partial charge in [-0.1, -0.05) is 30.8 Å². The number of rotatable bonds is 7. The monoisotopic (exact) mass is 375 g/mol. The van der Waals surface area contributed by atoms with Crippen molar-refractivity contribution in [3.8, 4) is 11.6 Å². The molecule has 6 nitrogen and oxygen atoms in total. The van der Waals surface area contributed by atoms with E-state index in [4.69, 9.17) is 14.2 Å². The van der Waals surface area contributed by atoms with Gasteiger partial charge in [-0.25, -0.2) is 4.98 Å². The van der Waals surface area contributed by atoms with Gasteiger partial charge in [-0.15, -0.1) is 0 Å². The summed E-state index contributed by atoms with van der Waals surface area (Å²) in [4.78, 5) is 11.4. The molecule has 1 aliphatic heterocycles. The fourth-order valence-corrected chi connectivity index (χ4v) is 3.14. The molecule has 1 aromatic heterocycles. The highest BCUT2D eigenvalue weighted by atomic mass is 32.2. The molecule has 7 heteroatoms. The molecule has 1 fully saturated rings.